The number of ether oxygens (including phenoxy) is 2. The minimum absolute atomic E-state index is 0.0823. The summed E-state index contributed by atoms with van der Waals surface area (Å²) in [6, 6.07) is 3.20. The summed E-state index contributed by atoms with van der Waals surface area (Å²) in [6.45, 7) is 10.6. The fraction of sp³-hybridized carbons (Fsp3) is 0.607. The second-order valence-electron chi connectivity index (χ2n) is 10.5. The van der Waals surface area contributed by atoms with Gasteiger partial charge in [-0.15, -0.1) is 0 Å². The second-order valence-corrected chi connectivity index (χ2v) is 10.5. The number of carbonyl (C=O) groups excluding carboxylic acids is 5. The number of carbonyl (C=O) groups is 5. The molecule has 11 heteroatoms. The van der Waals surface area contributed by atoms with E-state index >= 15 is 0 Å². The zero-order chi connectivity index (χ0) is 29.8. The number of nitrogens with two attached hydrogens (primary N) is 1. The molecule has 11 nitrogen and oxygen atoms in total. The van der Waals surface area contributed by atoms with Crippen molar-refractivity contribution in [3.05, 3.63) is 34.9 Å². The molecule has 0 aromatic heterocycles. The van der Waals surface area contributed by atoms with Crippen LogP contribution in [0.5, 0.6) is 0 Å². The standard InChI is InChI=1S/C28H44N4O7/c1-8-9-10-15-32(26(36)21(13-14-22(29)33)31-27(37)39-28(4,5)6)24(25(35)30-17-23(34)38-7)20-12-11-18(2)16-19(20)3/h11-12,16,21,24H,8-10,13-15,17H2,1-7H3,(H2,29,33)(H,30,35)(H,31,37). The number of unbranched alkanes of at least 4 members (excludes halogenated alkanes) is 2. The maximum atomic E-state index is 14.1. The maximum absolute atomic E-state index is 14.1. The Hall–Kier alpha value is -3.63. The van der Waals surface area contributed by atoms with Crippen LogP contribution < -0.4 is 16.4 Å². The van der Waals surface area contributed by atoms with Crippen molar-refractivity contribution in [3.63, 3.8) is 0 Å². The predicted octanol–water partition coefficient (Wildman–Crippen LogP) is 2.81. The molecule has 0 aliphatic carbocycles. The Labute approximate surface area is 231 Å². The topological polar surface area (TPSA) is 157 Å². The second kappa shape index (κ2) is 15.7. The number of rotatable bonds is 14. The van der Waals surface area contributed by atoms with E-state index in [9.17, 15) is 24.0 Å². The molecule has 0 saturated heterocycles. The molecule has 39 heavy (non-hydrogen) atoms. The fourth-order valence-electron chi connectivity index (χ4n) is 4.00. The molecular formula is C28H44N4O7. The summed E-state index contributed by atoms with van der Waals surface area (Å²) in [5, 5.41) is 5.13. The van der Waals surface area contributed by atoms with Crippen LogP contribution in [-0.2, 0) is 28.7 Å². The van der Waals surface area contributed by atoms with E-state index in [1.165, 1.54) is 12.0 Å². The number of primary amides is 1. The van der Waals surface area contributed by atoms with Gasteiger partial charge in [0.2, 0.25) is 17.7 Å². The van der Waals surface area contributed by atoms with E-state index in [-0.39, 0.29) is 25.9 Å². The van der Waals surface area contributed by atoms with Crippen molar-refractivity contribution in [3.8, 4) is 0 Å². The molecule has 0 aliphatic heterocycles. The van der Waals surface area contributed by atoms with Crippen molar-refractivity contribution >= 4 is 29.8 Å². The molecule has 2 atom stereocenters. The molecule has 0 saturated carbocycles. The van der Waals surface area contributed by atoms with Crippen molar-refractivity contribution in [2.45, 2.75) is 91.3 Å². The van der Waals surface area contributed by atoms with Crippen molar-refractivity contribution in [1.29, 1.82) is 0 Å². The van der Waals surface area contributed by atoms with Crippen LogP contribution in [0.2, 0.25) is 0 Å². The van der Waals surface area contributed by atoms with Crippen LogP contribution >= 0.6 is 0 Å². The van der Waals surface area contributed by atoms with E-state index in [4.69, 9.17) is 10.5 Å². The van der Waals surface area contributed by atoms with Crippen LogP contribution in [0.25, 0.3) is 0 Å². The molecule has 4 N–H and O–H groups in total. The van der Waals surface area contributed by atoms with Gasteiger partial charge in [0, 0.05) is 13.0 Å². The first-order chi connectivity index (χ1) is 18.2. The lowest BCUT2D eigenvalue weighted by Crippen LogP contribution is -2.53. The SMILES string of the molecule is CCCCCN(C(=O)C(CCC(N)=O)NC(=O)OC(C)(C)C)C(C(=O)NCC(=O)OC)c1ccc(C)cc1C. The number of amides is 4. The number of nitrogens with zero attached hydrogens (tertiary/aromatic N) is 1. The Kier molecular flexibility index (Phi) is 13.4. The smallest absolute Gasteiger partial charge is 0.408 e. The molecule has 1 aromatic carbocycles. The van der Waals surface area contributed by atoms with Gasteiger partial charge in [-0.25, -0.2) is 4.79 Å². The third kappa shape index (κ3) is 11.7. The van der Waals surface area contributed by atoms with Crippen molar-refractivity contribution in [1.82, 2.24) is 15.5 Å². The highest BCUT2D eigenvalue weighted by molar-refractivity contribution is 5.93. The van der Waals surface area contributed by atoms with Crippen LogP contribution in [0.1, 0.15) is 82.5 Å². The fourth-order valence-corrected chi connectivity index (χ4v) is 4.00. The molecule has 1 aromatic rings. The van der Waals surface area contributed by atoms with Gasteiger partial charge < -0.3 is 30.7 Å². The van der Waals surface area contributed by atoms with Gasteiger partial charge >= 0.3 is 12.1 Å². The number of hydrogen-bond acceptors (Lipinski definition) is 7. The van der Waals surface area contributed by atoms with Crippen molar-refractivity contribution in [2.75, 3.05) is 20.2 Å². The first-order valence-corrected chi connectivity index (χ1v) is 13.2. The number of esters is 1. The van der Waals surface area contributed by atoms with Crippen molar-refractivity contribution in [2.24, 2.45) is 5.73 Å². The molecule has 218 valence electrons. The number of nitrogens with one attached hydrogen (secondary N) is 2. The molecule has 0 fully saturated rings. The Balaban J connectivity index is 3.57. The van der Waals surface area contributed by atoms with E-state index in [0.29, 0.717) is 12.0 Å². The summed E-state index contributed by atoms with van der Waals surface area (Å²) in [4.78, 5) is 65.0. The average molecular weight is 549 g/mol. The maximum Gasteiger partial charge on any atom is 0.408 e. The molecule has 1 rings (SSSR count). The number of methoxy groups -OCH3 is 1. The monoisotopic (exact) mass is 548 g/mol. The lowest BCUT2D eigenvalue weighted by atomic mass is 9.95. The number of hydrogen-bond donors (Lipinski definition) is 3. The van der Waals surface area contributed by atoms with Gasteiger partial charge in [0.05, 0.1) is 7.11 Å². The summed E-state index contributed by atoms with van der Waals surface area (Å²) >= 11 is 0. The van der Waals surface area contributed by atoms with Crippen LogP contribution in [0.4, 0.5) is 4.79 Å². The third-order valence-corrected chi connectivity index (χ3v) is 5.87. The summed E-state index contributed by atoms with van der Waals surface area (Å²) in [5.41, 5.74) is 6.84. The van der Waals surface area contributed by atoms with Crippen LogP contribution in [0, 0.1) is 13.8 Å². The van der Waals surface area contributed by atoms with Gasteiger partial charge in [-0.1, -0.05) is 43.5 Å². The Morgan fingerprint density at radius 1 is 1.08 bits per heavy atom. The predicted molar refractivity (Wildman–Crippen MR) is 147 cm³/mol. The van der Waals surface area contributed by atoms with Crippen LogP contribution in [0.3, 0.4) is 0 Å². The minimum Gasteiger partial charge on any atom is -0.468 e. The highest BCUT2D eigenvalue weighted by atomic mass is 16.6. The lowest BCUT2D eigenvalue weighted by Gasteiger charge is -2.35. The van der Waals surface area contributed by atoms with Crippen LogP contribution in [0.15, 0.2) is 18.2 Å². The summed E-state index contributed by atoms with van der Waals surface area (Å²) in [5.74, 6) is -2.44. The molecule has 0 spiro atoms. The first kappa shape index (κ1) is 33.4. The van der Waals surface area contributed by atoms with Gasteiger partial charge in [0.15, 0.2) is 0 Å². The Bertz CT molecular complexity index is 1020. The molecule has 0 aliphatic rings. The molecule has 0 radical (unpaired) electrons. The summed E-state index contributed by atoms with van der Waals surface area (Å²) in [7, 11) is 1.21. The van der Waals surface area contributed by atoms with Gasteiger partial charge in [0.25, 0.3) is 0 Å². The summed E-state index contributed by atoms with van der Waals surface area (Å²) in [6.07, 6.45) is 1.16. The number of aryl methyl sites for hydroxylation is 2. The molecule has 0 heterocycles. The summed E-state index contributed by atoms with van der Waals surface area (Å²) < 4.78 is 9.99. The van der Waals surface area contributed by atoms with E-state index in [0.717, 1.165) is 24.0 Å². The molecular weight excluding hydrogens is 504 g/mol. The first-order valence-electron chi connectivity index (χ1n) is 13.2. The Morgan fingerprint density at radius 2 is 1.74 bits per heavy atom. The van der Waals surface area contributed by atoms with Crippen molar-refractivity contribution < 1.29 is 33.4 Å². The average Bonchev–Trinajstić information content (AvgIpc) is 2.83. The number of alkyl carbamates (subject to hydrolysis) is 1. The van der Waals surface area contributed by atoms with E-state index in [2.05, 4.69) is 15.4 Å². The molecule has 2 unspecified atom stereocenters. The normalized spacial score (nSPS) is 12.6. The molecule has 4 amide bonds. The van der Waals surface area contributed by atoms with E-state index in [1.54, 1.807) is 26.8 Å². The van der Waals surface area contributed by atoms with Gasteiger partial charge in [-0.2, -0.15) is 0 Å². The van der Waals surface area contributed by atoms with E-state index in [1.807, 2.05) is 32.9 Å². The van der Waals surface area contributed by atoms with Gasteiger partial charge in [-0.3, -0.25) is 19.2 Å². The van der Waals surface area contributed by atoms with E-state index < -0.39 is 47.5 Å². The highest BCUT2D eigenvalue weighted by Crippen LogP contribution is 2.27. The minimum atomic E-state index is -1.18. The highest BCUT2D eigenvalue weighted by Gasteiger charge is 2.37. The van der Waals surface area contributed by atoms with Gasteiger partial charge in [-0.05, 0) is 58.6 Å². The van der Waals surface area contributed by atoms with Gasteiger partial charge in [0.1, 0.15) is 24.2 Å². The largest absolute Gasteiger partial charge is 0.468 e. The molecule has 0 bridgehead atoms. The quantitative estimate of drug-likeness (QED) is 0.238. The third-order valence-electron chi connectivity index (χ3n) is 5.87. The number of benzene rings is 1. The zero-order valence-corrected chi connectivity index (χ0v) is 24.2. The Morgan fingerprint density at radius 3 is 2.28 bits per heavy atom. The van der Waals surface area contributed by atoms with Crippen LogP contribution in [-0.4, -0.2) is 66.5 Å². The lowest BCUT2D eigenvalue weighted by molar-refractivity contribution is -0.145. The zero-order valence-electron chi connectivity index (χ0n) is 24.2.